The number of imidazole rings is 1. The van der Waals surface area contributed by atoms with E-state index in [1.807, 2.05) is 30.3 Å². The molecule has 114 valence electrons. The van der Waals surface area contributed by atoms with Crippen molar-refractivity contribution in [3.05, 3.63) is 34.8 Å². The van der Waals surface area contributed by atoms with Gasteiger partial charge < -0.3 is 19.2 Å². The van der Waals surface area contributed by atoms with Gasteiger partial charge in [-0.25, -0.2) is 4.98 Å². The molecule has 22 heavy (non-hydrogen) atoms. The summed E-state index contributed by atoms with van der Waals surface area (Å²) in [6.07, 6.45) is 0. The average Bonchev–Trinajstić information content (AvgIpc) is 2.96. The van der Waals surface area contributed by atoms with Crippen LogP contribution in [0.25, 0.3) is 22.4 Å². The lowest BCUT2D eigenvalue weighted by molar-refractivity contribution is 0.353. The molecular formula is C16H15BrN2O3. The average molecular weight is 363 g/mol. The summed E-state index contributed by atoms with van der Waals surface area (Å²) >= 11 is 3.50. The third kappa shape index (κ3) is 2.50. The lowest BCUT2D eigenvalue weighted by Gasteiger charge is -2.10. The summed E-state index contributed by atoms with van der Waals surface area (Å²) in [7, 11) is 4.86. The van der Waals surface area contributed by atoms with Crippen LogP contribution in [-0.4, -0.2) is 31.3 Å². The predicted octanol–water partition coefficient (Wildman–Crippen LogP) is 4.02. The minimum atomic E-state index is 0.643. The number of aromatic nitrogens is 2. The Kier molecular flexibility index (Phi) is 3.94. The van der Waals surface area contributed by atoms with Crippen molar-refractivity contribution in [3.63, 3.8) is 0 Å². The number of hydrogen-bond acceptors (Lipinski definition) is 4. The minimum absolute atomic E-state index is 0.643. The summed E-state index contributed by atoms with van der Waals surface area (Å²) < 4.78 is 16.7. The zero-order valence-electron chi connectivity index (χ0n) is 12.4. The summed E-state index contributed by atoms with van der Waals surface area (Å²) in [6.45, 7) is 0. The van der Waals surface area contributed by atoms with Gasteiger partial charge in [0.15, 0.2) is 11.5 Å². The van der Waals surface area contributed by atoms with E-state index in [1.54, 1.807) is 21.3 Å². The largest absolute Gasteiger partial charge is 0.497 e. The molecule has 0 aliphatic carbocycles. The molecule has 0 saturated heterocycles. The summed E-state index contributed by atoms with van der Waals surface area (Å²) in [5.41, 5.74) is 2.70. The van der Waals surface area contributed by atoms with Crippen LogP contribution in [0, 0.1) is 0 Å². The number of aromatic amines is 1. The maximum Gasteiger partial charge on any atom is 0.174 e. The molecule has 0 aliphatic heterocycles. The number of nitrogens with one attached hydrogen (secondary N) is 1. The lowest BCUT2D eigenvalue weighted by Crippen LogP contribution is -1.93. The van der Waals surface area contributed by atoms with Crippen molar-refractivity contribution < 1.29 is 14.2 Å². The van der Waals surface area contributed by atoms with Gasteiger partial charge in [0.05, 0.1) is 36.8 Å². The fourth-order valence-corrected chi connectivity index (χ4v) is 2.91. The highest BCUT2D eigenvalue weighted by Gasteiger charge is 2.14. The number of fused-ring (bicyclic) bond motifs is 1. The Morgan fingerprint density at radius 2 is 1.82 bits per heavy atom. The number of halogens is 1. The first-order valence-electron chi connectivity index (χ1n) is 6.62. The van der Waals surface area contributed by atoms with Gasteiger partial charge >= 0.3 is 0 Å². The van der Waals surface area contributed by atoms with Gasteiger partial charge in [-0.05, 0) is 40.2 Å². The summed E-state index contributed by atoms with van der Waals surface area (Å²) in [4.78, 5) is 7.90. The maximum absolute atomic E-state index is 5.37. The first-order chi connectivity index (χ1) is 10.7. The van der Waals surface area contributed by atoms with Crippen LogP contribution in [-0.2, 0) is 0 Å². The third-order valence-corrected chi connectivity index (χ3v) is 3.99. The molecule has 0 spiro atoms. The number of rotatable bonds is 4. The molecule has 0 fully saturated rings. The zero-order chi connectivity index (χ0) is 15.7. The van der Waals surface area contributed by atoms with Gasteiger partial charge in [-0.3, -0.25) is 0 Å². The molecule has 2 aromatic carbocycles. The van der Waals surface area contributed by atoms with Crippen LogP contribution >= 0.6 is 15.9 Å². The van der Waals surface area contributed by atoms with Gasteiger partial charge in [0.1, 0.15) is 11.6 Å². The van der Waals surface area contributed by atoms with E-state index in [-0.39, 0.29) is 0 Å². The first-order valence-corrected chi connectivity index (χ1v) is 7.41. The molecule has 0 amide bonds. The van der Waals surface area contributed by atoms with Crippen molar-refractivity contribution in [1.29, 1.82) is 0 Å². The van der Waals surface area contributed by atoms with Gasteiger partial charge in [-0.15, -0.1) is 0 Å². The Balaban J connectivity index is 2.12. The Morgan fingerprint density at radius 3 is 2.50 bits per heavy atom. The molecule has 3 aromatic rings. The standard InChI is InChI=1S/C16H15BrN2O3/c1-20-10-4-5-12-13(8-10)19-16(18-12)9-6-11(17)15(22-3)14(7-9)21-2/h4-8H,1-3H3,(H,18,19). The Hall–Kier alpha value is -2.21. The third-order valence-electron chi connectivity index (χ3n) is 3.40. The number of hydrogen-bond donors (Lipinski definition) is 1. The van der Waals surface area contributed by atoms with Crippen molar-refractivity contribution in [2.45, 2.75) is 0 Å². The second-order valence-electron chi connectivity index (χ2n) is 4.66. The fraction of sp³-hybridized carbons (Fsp3) is 0.188. The number of benzene rings is 2. The van der Waals surface area contributed by atoms with Crippen molar-refractivity contribution in [1.82, 2.24) is 9.97 Å². The smallest absolute Gasteiger partial charge is 0.174 e. The molecule has 0 saturated carbocycles. The number of H-pyrrole nitrogens is 1. The second-order valence-corrected chi connectivity index (χ2v) is 5.52. The van der Waals surface area contributed by atoms with Crippen LogP contribution in [0.2, 0.25) is 0 Å². The van der Waals surface area contributed by atoms with Crippen molar-refractivity contribution in [2.75, 3.05) is 21.3 Å². The van der Waals surface area contributed by atoms with E-state index in [9.17, 15) is 0 Å². The van der Waals surface area contributed by atoms with Gasteiger partial charge in [0.25, 0.3) is 0 Å². The van der Waals surface area contributed by atoms with Crippen LogP contribution in [0.5, 0.6) is 17.2 Å². The molecule has 6 heteroatoms. The second kappa shape index (κ2) is 5.88. The molecule has 0 aliphatic rings. The van der Waals surface area contributed by atoms with Crippen molar-refractivity contribution >= 4 is 27.0 Å². The first kappa shape index (κ1) is 14.7. The number of nitrogens with zero attached hydrogens (tertiary/aromatic N) is 1. The number of methoxy groups -OCH3 is 3. The highest BCUT2D eigenvalue weighted by molar-refractivity contribution is 9.10. The minimum Gasteiger partial charge on any atom is -0.497 e. The predicted molar refractivity (Wildman–Crippen MR) is 88.9 cm³/mol. The Morgan fingerprint density at radius 1 is 1.00 bits per heavy atom. The highest BCUT2D eigenvalue weighted by atomic mass is 79.9. The maximum atomic E-state index is 5.37. The van der Waals surface area contributed by atoms with Crippen LogP contribution in [0.15, 0.2) is 34.8 Å². The fourth-order valence-electron chi connectivity index (χ4n) is 2.31. The Bertz CT molecular complexity index is 830. The molecule has 1 aromatic heterocycles. The topological polar surface area (TPSA) is 56.4 Å². The normalized spacial score (nSPS) is 10.7. The monoisotopic (exact) mass is 362 g/mol. The molecule has 5 nitrogen and oxygen atoms in total. The van der Waals surface area contributed by atoms with E-state index in [0.29, 0.717) is 11.5 Å². The molecule has 0 unspecified atom stereocenters. The van der Waals surface area contributed by atoms with E-state index < -0.39 is 0 Å². The SMILES string of the molecule is COc1ccc2nc(-c3cc(Br)c(OC)c(OC)c3)[nH]c2c1. The lowest BCUT2D eigenvalue weighted by atomic mass is 10.2. The quantitative estimate of drug-likeness (QED) is 0.761. The van der Waals surface area contributed by atoms with E-state index in [1.165, 1.54) is 0 Å². The zero-order valence-corrected chi connectivity index (χ0v) is 14.0. The van der Waals surface area contributed by atoms with Gasteiger partial charge in [-0.2, -0.15) is 0 Å². The highest BCUT2D eigenvalue weighted by Crippen LogP contribution is 2.39. The molecular weight excluding hydrogens is 348 g/mol. The van der Waals surface area contributed by atoms with Crippen LogP contribution in [0.1, 0.15) is 0 Å². The number of ether oxygens (including phenoxy) is 3. The van der Waals surface area contributed by atoms with Crippen LogP contribution < -0.4 is 14.2 Å². The molecule has 0 atom stereocenters. The van der Waals surface area contributed by atoms with E-state index >= 15 is 0 Å². The molecule has 1 heterocycles. The van der Waals surface area contributed by atoms with Crippen LogP contribution in [0.3, 0.4) is 0 Å². The Labute approximate surface area is 136 Å². The van der Waals surface area contributed by atoms with E-state index in [4.69, 9.17) is 14.2 Å². The molecule has 0 radical (unpaired) electrons. The summed E-state index contributed by atoms with van der Waals surface area (Å²) in [6, 6.07) is 9.55. The molecule has 3 rings (SSSR count). The van der Waals surface area contributed by atoms with Crippen LogP contribution in [0.4, 0.5) is 0 Å². The van der Waals surface area contributed by atoms with Gasteiger partial charge in [-0.1, -0.05) is 0 Å². The molecule has 0 bridgehead atoms. The summed E-state index contributed by atoms with van der Waals surface area (Å²) in [5.74, 6) is 2.84. The van der Waals surface area contributed by atoms with Crippen molar-refractivity contribution in [2.24, 2.45) is 0 Å². The van der Waals surface area contributed by atoms with Gasteiger partial charge in [0, 0.05) is 11.6 Å². The van der Waals surface area contributed by atoms with E-state index in [0.717, 1.165) is 32.6 Å². The van der Waals surface area contributed by atoms with Crippen molar-refractivity contribution in [3.8, 4) is 28.6 Å². The molecule has 1 N–H and O–H groups in total. The van der Waals surface area contributed by atoms with E-state index in [2.05, 4.69) is 25.9 Å². The van der Waals surface area contributed by atoms with Gasteiger partial charge in [0.2, 0.25) is 0 Å². The summed E-state index contributed by atoms with van der Waals surface area (Å²) in [5, 5.41) is 0.